The van der Waals surface area contributed by atoms with Crippen LogP contribution in [0.4, 0.5) is 17.1 Å². The van der Waals surface area contributed by atoms with Gasteiger partial charge in [-0.25, -0.2) is 9.97 Å². The molecule has 4 nitrogen and oxygen atoms in total. The number of hydrogen-bond acceptors (Lipinski definition) is 3. The maximum Gasteiger partial charge on any atom is 0.234 e. The normalized spacial score (nSPS) is 15.3. The lowest BCUT2D eigenvalue weighted by atomic mass is 9.70. The van der Waals surface area contributed by atoms with Gasteiger partial charge in [-0.05, 0) is 132 Å². The summed E-state index contributed by atoms with van der Waals surface area (Å²) in [5.41, 5.74) is 25.6. The Hall–Kier alpha value is -8.34. The third kappa shape index (κ3) is 4.78. The number of rotatable bonds is 4. The van der Waals surface area contributed by atoms with Crippen molar-refractivity contribution in [3.05, 3.63) is 251 Å². The van der Waals surface area contributed by atoms with Gasteiger partial charge < -0.3 is 4.90 Å². The molecule has 0 fully saturated rings. The molecular formula is C65H46N4. The quantitative estimate of drug-likeness (QED) is 0.177. The van der Waals surface area contributed by atoms with E-state index in [1.54, 1.807) is 0 Å². The maximum atomic E-state index is 4.94. The lowest BCUT2D eigenvalue weighted by molar-refractivity contribution is 0.660. The summed E-state index contributed by atoms with van der Waals surface area (Å²) in [6.45, 7) is 9.49. The number of benzene rings is 9. The molecular weight excluding hydrogens is 837 g/mol. The van der Waals surface area contributed by atoms with Crippen molar-refractivity contribution in [2.75, 3.05) is 4.90 Å². The minimum Gasteiger partial charge on any atom is -0.309 e. The molecule has 0 atom stereocenters. The molecule has 0 amide bonds. The van der Waals surface area contributed by atoms with Crippen molar-refractivity contribution in [2.45, 2.75) is 43.9 Å². The number of nitrogens with zero attached hydrogens (tertiary/aromatic N) is 4. The fourth-order valence-corrected chi connectivity index (χ4v) is 13.6. The zero-order valence-electron chi connectivity index (χ0n) is 38.9. The number of hydrogen-bond donors (Lipinski definition) is 0. The second-order valence-electron chi connectivity index (χ2n) is 20.5. The maximum absolute atomic E-state index is 4.94. The van der Waals surface area contributed by atoms with E-state index in [1.165, 1.54) is 94.4 Å². The van der Waals surface area contributed by atoms with E-state index in [2.05, 4.69) is 225 Å². The van der Waals surface area contributed by atoms with Crippen molar-refractivity contribution < 1.29 is 0 Å². The van der Waals surface area contributed by atoms with Crippen LogP contribution in [0.3, 0.4) is 0 Å². The predicted molar refractivity (Wildman–Crippen MR) is 282 cm³/mol. The van der Waals surface area contributed by atoms with Crippen LogP contribution in [0.5, 0.6) is 0 Å². The van der Waals surface area contributed by atoms with Crippen molar-refractivity contribution in [2.24, 2.45) is 0 Å². The lowest BCUT2D eigenvalue weighted by Crippen LogP contribution is -2.26. The Balaban J connectivity index is 1.08. The first-order chi connectivity index (χ1) is 33.8. The van der Waals surface area contributed by atoms with Gasteiger partial charge in [-0.2, -0.15) is 0 Å². The summed E-state index contributed by atoms with van der Waals surface area (Å²) in [5, 5.41) is 2.32. The monoisotopic (exact) mass is 882 g/mol. The van der Waals surface area contributed by atoms with Crippen LogP contribution < -0.4 is 4.90 Å². The summed E-state index contributed by atoms with van der Waals surface area (Å²) in [5.74, 6) is 0.654. The molecule has 0 unspecified atom stereocenters. The molecule has 15 rings (SSSR count). The van der Waals surface area contributed by atoms with Crippen molar-refractivity contribution in [1.29, 1.82) is 0 Å². The van der Waals surface area contributed by atoms with Gasteiger partial charge in [0.25, 0.3) is 0 Å². The summed E-state index contributed by atoms with van der Waals surface area (Å²) >= 11 is 0. The van der Waals surface area contributed by atoms with Gasteiger partial charge in [-0.1, -0.05) is 173 Å². The Bertz CT molecular complexity index is 3990. The molecule has 69 heavy (non-hydrogen) atoms. The fraction of sp³-hybridized carbons (Fsp3) is 0.108. The van der Waals surface area contributed by atoms with Gasteiger partial charge in [0.05, 0.1) is 27.8 Å². The van der Waals surface area contributed by atoms with E-state index < -0.39 is 5.41 Å². The van der Waals surface area contributed by atoms with Gasteiger partial charge >= 0.3 is 0 Å². The summed E-state index contributed by atoms with van der Waals surface area (Å²) in [6, 6.07) is 73.2. The molecule has 0 saturated heterocycles. The number of aromatic nitrogens is 3. The molecule has 11 aromatic rings. The molecule has 0 N–H and O–H groups in total. The number of fused-ring (bicyclic) bond motifs is 19. The Morgan fingerprint density at radius 2 is 0.870 bits per heavy atom. The molecule has 4 aliphatic carbocycles. The average Bonchev–Trinajstić information content (AvgIpc) is 4.11. The van der Waals surface area contributed by atoms with E-state index in [9.17, 15) is 0 Å². The third-order valence-corrected chi connectivity index (χ3v) is 16.5. The van der Waals surface area contributed by atoms with Crippen molar-refractivity contribution in [3.63, 3.8) is 0 Å². The summed E-state index contributed by atoms with van der Waals surface area (Å²) in [4.78, 5) is 12.5. The molecule has 2 aromatic heterocycles. The van der Waals surface area contributed by atoms with Crippen molar-refractivity contribution >= 4 is 38.9 Å². The largest absolute Gasteiger partial charge is 0.309 e. The molecule has 4 heteroatoms. The zero-order chi connectivity index (χ0) is 46.0. The zero-order valence-corrected chi connectivity index (χ0v) is 38.9. The summed E-state index contributed by atoms with van der Waals surface area (Å²) in [7, 11) is 0. The average molecular weight is 883 g/mol. The first-order valence-corrected chi connectivity index (χ1v) is 24.2. The first-order valence-electron chi connectivity index (χ1n) is 24.2. The third-order valence-electron chi connectivity index (χ3n) is 16.5. The Kier molecular flexibility index (Phi) is 7.54. The van der Waals surface area contributed by atoms with Crippen LogP contribution in [0, 0.1) is 0 Å². The molecule has 4 aliphatic rings. The van der Waals surface area contributed by atoms with E-state index in [4.69, 9.17) is 9.97 Å². The minimum atomic E-state index is -0.490. The molecule has 0 bridgehead atoms. The van der Waals surface area contributed by atoms with Crippen molar-refractivity contribution in [3.8, 4) is 50.5 Å². The lowest BCUT2D eigenvalue weighted by Gasteiger charge is -2.32. The molecule has 326 valence electrons. The van der Waals surface area contributed by atoms with E-state index in [1.807, 2.05) is 18.5 Å². The topological polar surface area (TPSA) is 34.0 Å². The van der Waals surface area contributed by atoms with E-state index in [-0.39, 0.29) is 10.8 Å². The highest BCUT2D eigenvalue weighted by Crippen LogP contribution is 2.65. The van der Waals surface area contributed by atoms with Crippen LogP contribution in [0.25, 0.3) is 72.3 Å². The van der Waals surface area contributed by atoms with Gasteiger partial charge in [-0.3, -0.25) is 4.57 Å². The van der Waals surface area contributed by atoms with Gasteiger partial charge in [0, 0.05) is 45.2 Å². The molecule has 0 radical (unpaired) electrons. The van der Waals surface area contributed by atoms with Gasteiger partial charge in [0.2, 0.25) is 5.95 Å². The highest BCUT2D eigenvalue weighted by Gasteiger charge is 2.52. The highest BCUT2D eigenvalue weighted by molar-refractivity contribution is 6.18. The SMILES string of the molecule is CC1(C)c2ccccc2-c2ccc(N(c3cccc4c3-c3ccccc3C43c4ccccc4-c4ccccc43)c3cccc4c3c3cc5c(cc3n4-c3ncccn3)C(C)(C)c3ccccc3-5)cc21. The molecule has 1 spiro atoms. The van der Waals surface area contributed by atoms with Crippen LogP contribution in [-0.2, 0) is 16.2 Å². The van der Waals surface area contributed by atoms with Crippen LogP contribution in [-0.4, -0.2) is 14.5 Å². The second-order valence-corrected chi connectivity index (χ2v) is 20.5. The second kappa shape index (κ2) is 13.4. The van der Waals surface area contributed by atoms with Crippen LogP contribution >= 0.6 is 0 Å². The van der Waals surface area contributed by atoms with Crippen molar-refractivity contribution in [1.82, 2.24) is 14.5 Å². The molecule has 0 saturated carbocycles. The standard InChI is InChI=1S/C65H46N4/c1-63(2)48-23-10-5-18-40(48)44-33-32-39(36-54(44)63)68(56-29-15-28-53-60(56)45-22-9-14-27-52(45)65(53)50-25-12-7-19-41(50)42-20-8-13-26-51(42)65)57-30-16-31-58-61(57)47-37-46-43-21-6-11-24-49(43)64(3,4)55(46)38-59(47)69(58)62-66-34-17-35-67-62/h5-38H,1-4H3. The Morgan fingerprint density at radius 3 is 1.52 bits per heavy atom. The summed E-state index contributed by atoms with van der Waals surface area (Å²) < 4.78 is 2.29. The minimum absolute atomic E-state index is 0.186. The van der Waals surface area contributed by atoms with Crippen LogP contribution in [0.15, 0.2) is 207 Å². The van der Waals surface area contributed by atoms with Crippen LogP contribution in [0.2, 0.25) is 0 Å². The van der Waals surface area contributed by atoms with E-state index >= 15 is 0 Å². The molecule has 9 aromatic carbocycles. The molecule has 2 heterocycles. The smallest absolute Gasteiger partial charge is 0.234 e. The Labute approximate surface area is 401 Å². The Morgan fingerprint density at radius 1 is 0.377 bits per heavy atom. The molecule has 0 aliphatic heterocycles. The van der Waals surface area contributed by atoms with Gasteiger partial charge in [-0.15, -0.1) is 0 Å². The number of anilines is 3. The summed E-state index contributed by atoms with van der Waals surface area (Å²) in [6.07, 6.45) is 3.71. The van der Waals surface area contributed by atoms with Gasteiger partial charge in [0.1, 0.15) is 0 Å². The first kappa shape index (κ1) is 38.7. The van der Waals surface area contributed by atoms with Gasteiger partial charge in [0.15, 0.2) is 0 Å². The predicted octanol–water partition coefficient (Wildman–Crippen LogP) is 16.0. The van der Waals surface area contributed by atoms with E-state index in [0.717, 1.165) is 33.5 Å². The fourth-order valence-electron chi connectivity index (χ4n) is 13.6. The highest BCUT2D eigenvalue weighted by atomic mass is 15.2. The van der Waals surface area contributed by atoms with E-state index in [0.29, 0.717) is 5.95 Å². The van der Waals surface area contributed by atoms with Crippen LogP contribution in [0.1, 0.15) is 72.2 Å².